The molecular formula is C15H21N3O3. The first kappa shape index (κ1) is 15.3. The minimum atomic E-state index is -0.253. The van der Waals surface area contributed by atoms with Crippen LogP contribution in [0.1, 0.15) is 32.2 Å². The molecule has 0 amide bonds. The molecule has 0 saturated heterocycles. The minimum absolute atomic E-state index is 0.253. The van der Waals surface area contributed by atoms with Gasteiger partial charge in [0, 0.05) is 5.56 Å². The summed E-state index contributed by atoms with van der Waals surface area (Å²) in [5.74, 6) is 2.50. The van der Waals surface area contributed by atoms with Crippen LogP contribution in [0.15, 0.2) is 22.7 Å². The molecule has 0 aliphatic carbocycles. The fourth-order valence-electron chi connectivity index (χ4n) is 1.96. The Labute approximate surface area is 124 Å². The van der Waals surface area contributed by atoms with Gasteiger partial charge in [0.25, 0.3) is 0 Å². The van der Waals surface area contributed by atoms with Crippen molar-refractivity contribution in [3.8, 4) is 22.9 Å². The van der Waals surface area contributed by atoms with E-state index in [9.17, 15) is 0 Å². The highest BCUT2D eigenvalue weighted by Gasteiger charge is 2.21. The summed E-state index contributed by atoms with van der Waals surface area (Å²) >= 11 is 0. The molecule has 1 heterocycles. The van der Waals surface area contributed by atoms with Gasteiger partial charge >= 0.3 is 0 Å². The fourth-order valence-corrected chi connectivity index (χ4v) is 1.96. The van der Waals surface area contributed by atoms with E-state index in [0.29, 0.717) is 23.2 Å². The number of ether oxygens (including phenoxy) is 2. The summed E-state index contributed by atoms with van der Waals surface area (Å²) in [6, 6.07) is 5.21. The maximum absolute atomic E-state index is 6.10. The summed E-state index contributed by atoms with van der Waals surface area (Å²) in [5, 5.41) is 3.99. The monoisotopic (exact) mass is 291 g/mol. The Bertz CT molecular complexity index is 598. The number of aromatic nitrogens is 2. The summed E-state index contributed by atoms with van der Waals surface area (Å²) in [6.07, 6.45) is 0.954. The van der Waals surface area contributed by atoms with Crippen LogP contribution in [0, 0.1) is 5.92 Å². The molecule has 1 aromatic carbocycles. The molecule has 0 aliphatic heterocycles. The zero-order valence-electron chi connectivity index (χ0n) is 12.8. The fraction of sp³-hybridized carbons (Fsp3) is 0.467. The number of hydrogen-bond acceptors (Lipinski definition) is 6. The summed E-state index contributed by atoms with van der Waals surface area (Å²) in [5.41, 5.74) is 6.89. The standard InChI is InChI=1S/C15H21N3O3/c1-5-9(2)13(16)15-17-14(18-21-15)10-6-7-11(19-3)12(8-10)20-4/h6-9,13H,5,16H2,1-4H3. The van der Waals surface area contributed by atoms with Gasteiger partial charge in [-0.3, -0.25) is 0 Å². The van der Waals surface area contributed by atoms with E-state index in [1.807, 2.05) is 12.1 Å². The third kappa shape index (κ3) is 3.16. The van der Waals surface area contributed by atoms with Crippen LogP contribution in [0.5, 0.6) is 11.5 Å². The smallest absolute Gasteiger partial charge is 0.244 e. The molecule has 21 heavy (non-hydrogen) atoms. The first-order chi connectivity index (χ1) is 10.1. The predicted octanol–water partition coefficient (Wildman–Crippen LogP) is 2.80. The van der Waals surface area contributed by atoms with Crippen LogP contribution in [-0.4, -0.2) is 24.4 Å². The SMILES string of the molecule is CCC(C)C(N)c1nc(-c2ccc(OC)c(OC)c2)no1. The normalized spacial score (nSPS) is 13.8. The third-order valence-corrected chi connectivity index (χ3v) is 3.63. The van der Waals surface area contributed by atoms with Gasteiger partial charge < -0.3 is 19.7 Å². The van der Waals surface area contributed by atoms with Gasteiger partial charge in [-0.2, -0.15) is 4.98 Å². The number of methoxy groups -OCH3 is 2. The average Bonchev–Trinajstić information content (AvgIpc) is 3.02. The quantitative estimate of drug-likeness (QED) is 0.881. The number of nitrogens with zero attached hydrogens (tertiary/aromatic N) is 2. The van der Waals surface area contributed by atoms with E-state index in [4.69, 9.17) is 19.7 Å². The zero-order chi connectivity index (χ0) is 15.4. The Morgan fingerprint density at radius 2 is 1.95 bits per heavy atom. The first-order valence-electron chi connectivity index (χ1n) is 6.92. The second-order valence-corrected chi connectivity index (χ2v) is 4.94. The van der Waals surface area contributed by atoms with Crippen molar-refractivity contribution in [1.82, 2.24) is 10.1 Å². The molecule has 0 spiro atoms. The maximum atomic E-state index is 6.10. The molecule has 0 radical (unpaired) electrons. The Kier molecular flexibility index (Phi) is 4.80. The molecule has 6 heteroatoms. The molecule has 2 aromatic rings. The maximum Gasteiger partial charge on any atom is 0.244 e. The van der Waals surface area contributed by atoms with Crippen LogP contribution in [0.25, 0.3) is 11.4 Å². The third-order valence-electron chi connectivity index (χ3n) is 3.63. The van der Waals surface area contributed by atoms with Crippen molar-refractivity contribution in [2.45, 2.75) is 26.3 Å². The van der Waals surface area contributed by atoms with E-state index >= 15 is 0 Å². The second-order valence-electron chi connectivity index (χ2n) is 4.94. The van der Waals surface area contributed by atoms with E-state index < -0.39 is 0 Å². The molecule has 0 saturated carbocycles. The minimum Gasteiger partial charge on any atom is -0.493 e. The Hall–Kier alpha value is -2.08. The van der Waals surface area contributed by atoms with Gasteiger partial charge in [0.2, 0.25) is 11.7 Å². The van der Waals surface area contributed by atoms with Gasteiger partial charge in [-0.05, 0) is 24.1 Å². The molecule has 0 aliphatic rings. The van der Waals surface area contributed by atoms with Crippen LogP contribution in [0.2, 0.25) is 0 Å². The van der Waals surface area contributed by atoms with Crippen molar-refractivity contribution < 1.29 is 14.0 Å². The van der Waals surface area contributed by atoms with E-state index in [1.54, 1.807) is 20.3 Å². The molecule has 0 fully saturated rings. The van der Waals surface area contributed by atoms with Gasteiger partial charge in [-0.25, -0.2) is 0 Å². The molecular weight excluding hydrogens is 270 g/mol. The van der Waals surface area contributed by atoms with Crippen LogP contribution in [0.3, 0.4) is 0 Å². The highest BCUT2D eigenvalue weighted by atomic mass is 16.5. The molecule has 2 unspecified atom stereocenters. The van der Waals surface area contributed by atoms with Crippen molar-refractivity contribution in [1.29, 1.82) is 0 Å². The van der Waals surface area contributed by atoms with Crippen molar-refractivity contribution in [3.05, 3.63) is 24.1 Å². The van der Waals surface area contributed by atoms with Gasteiger partial charge in [-0.15, -0.1) is 0 Å². The molecule has 6 nitrogen and oxygen atoms in total. The highest BCUT2D eigenvalue weighted by Crippen LogP contribution is 2.31. The number of rotatable bonds is 6. The van der Waals surface area contributed by atoms with Crippen LogP contribution in [0.4, 0.5) is 0 Å². The molecule has 2 N–H and O–H groups in total. The lowest BCUT2D eigenvalue weighted by molar-refractivity contribution is 0.312. The predicted molar refractivity (Wildman–Crippen MR) is 79.2 cm³/mol. The van der Waals surface area contributed by atoms with Crippen LogP contribution in [-0.2, 0) is 0 Å². The van der Waals surface area contributed by atoms with E-state index in [2.05, 4.69) is 24.0 Å². The van der Waals surface area contributed by atoms with Crippen LogP contribution >= 0.6 is 0 Å². The molecule has 2 atom stereocenters. The van der Waals surface area contributed by atoms with Gasteiger partial charge in [0.15, 0.2) is 11.5 Å². The van der Waals surface area contributed by atoms with E-state index in [0.717, 1.165) is 12.0 Å². The van der Waals surface area contributed by atoms with Crippen molar-refractivity contribution in [2.24, 2.45) is 11.7 Å². The van der Waals surface area contributed by atoms with E-state index in [1.165, 1.54) is 0 Å². The molecule has 114 valence electrons. The largest absolute Gasteiger partial charge is 0.493 e. The number of benzene rings is 1. The van der Waals surface area contributed by atoms with Gasteiger partial charge in [0.1, 0.15) is 0 Å². The molecule has 1 aromatic heterocycles. The van der Waals surface area contributed by atoms with Crippen molar-refractivity contribution in [2.75, 3.05) is 14.2 Å². The number of hydrogen-bond donors (Lipinski definition) is 1. The summed E-state index contributed by atoms with van der Waals surface area (Å²) in [4.78, 5) is 4.38. The Morgan fingerprint density at radius 3 is 2.57 bits per heavy atom. The van der Waals surface area contributed by atoms with Gasteiger partial charge in [0.05, 0.1) is 20.3 Å². The lowest BCUT2D eigenvalue weighted by Crippen LogP contribution is -2.18. The van der Waals surface area contributed by atoms with Crippen molar-refractivity contribution in [3.63, 3.8) is 0 Å². The second kappa shape index (κ2) is 6.58. The zero-order valence-corrected chi connectivity index (χ0v) is 12.8. The number of nitrogens with two attached hydrogens (primary N) is 1. The summed E-state index contributed by atoms with van der Waals surface area (Å²) in [7, 11) is 3.18. The summed E-state index contributed by atoms with van der Waals surface area (Å²) < 4.78 is 15.8. The first-order valence-corrected chi connectivity index (χ1v) is 6.92. The lowest BCUT2D eigenvalue weighted by Gasteiger charge is -2.13. The summed E-state index contributed by atoms with van der Waals surface area (Å²) in [6.45, 7) is 4.14. The topological polar surface area (TPSA) is 83.4 Å². The van der Waals surface area contributed by atoms with Crippen LogP contribution < -0.4 is 15.2 Å². The molecule has 2 rings (SSSR count). The Morgan fingerprint density at radius 1 is 1.24 bits per heavy atom. The Balaban J connectivity index is 2.29. The highest BCUT2D eigenvalue weighted by molar-refractivity contribution is 5.60. The van der Waals surface area contributed by atoms with Gasteiger partial charge in [-0.1, -0.05) is 25.4 Å². The average molecular weight is 291 g/mol. The lowest BCUT2D eigenvalue weighted by atomic mass is 10.0. The van der Waals surface area contributed by atoms with E-state index in [-0.39, 0.29) is 12.0 Å². The molecule has 0 bridgehead atoms. The van der Waals surface area contributed by atoms with Crippen molar-refractivity contribution >= 4 is 0 Å².